The van der Waals surface area contributed by atoms with E-state index in [-0.39, 0.29) is 0 Å². The Morgan fingerprint density at radius 3 is 1.95 bits per heavy atom. The topological polar surface area (TPSA) is 39.7 Å². The monoisotopic (exact) mass is 295 g/mol. The second kappa shape index (κ2) is 10.3. The van der Waals surface area contributed by atoms with E-state index in [4.69, 9.17) is 14.2 Å². The summed E-state index contributed by atoms with van der Waals surface area (Å²) in [6, 6.07) is 4.03. The Bertz CT molecular complexity index is 407. The van der Waals surface area contributed by atoms with Crippen molar-refractivity contribution in [2.75, 3.05) is 26.9 Å². The summed E-state index contributed by atoms with van der Waals surface area (Å²) < 4.78 is 17.7. The molecule has 4 nitrogen and oxygen atoms in total. The summed E-state index contributed by atoms with van der Waals surface area (Å²) in [4.78, 5) is 0. The highest BCUT2D eigenvalue weighted by Gasteiger charge is 2.17. The number of ether oxygens (including phenoxy) is 3. The average molecular weight is 295 g/mol. The van der Waals surface area contributed by atoms with Crippen molar-refractivity contribution in [1.29, 1.82) is 0 Å². The first-order chi connectivity index (χ1) is 10.3. The van der Waals surface area contributed by atoms with Crippen LogP contribution in [-0.4, -0.2) is 26.9 Å². The van der Waals surface area contributed by atoms with Gasteiger partial charge in [0.1, 0.15) is 0 Å². The van der Waals surface area contributed by atoms with E-state index in [0.29, 0.717) is 19.8 Å². The van der Waals surface area contributed by atoms with E-state index in [1.165, 1.54) is 0 Å². The van der Waals surface area contributed by atoms with Crippen molar-refractivity contribution in [3.63, 3.8) is 0 Å². The van der Waals surface area contributed by atoms with E-state index < -0.39 is 0 Å². The van der Waals surface area contributed by atoms with E-state index in [1.54, 1.807) is 0 Å². The van der Waals surface area contributed by atoms with E-state index in [1.807, 2.05) is 19.2 Å². The van der Waals surface area contributed by atoms with Crippen LogP contribution in [0.25, 0.3) is 0 Å². The largest absolute Gasteiger partial charge is 0.490 e. The fourth-order valence-corrected chi connectivity index (χ4v) is 1.94. The number of hydrogen-bond acceptors (Lipinski definition) is 4. The van der Waals surface area contributed by atoms with Gasteiger partial charge < -0.3 is 19.5 Å². The van der Waals surface area contributed by atoms with Crippen LogP contribution in [0.5, 0.6) is 17.2 Å². The van der Waals surface area contributed by atoms with Gasteiger partial charge in [-0.15, -0.1) is 0 Å². The molecule has 0 amide bonds. The lowest BCUT2D eigenvalue weighted by atomic mass is 10.1. The van der Waals surface area contributed by atoms with Crippen LogP contribution >= 0.6 is 0 Å². The molecule has 0 spiro atoms. The van der Waals surface area contributed by atoms with Crippen LogP contribution in [0.4, 0.5) is 0 Å². The minimum Gasteiger partial charge on any atom is -0.490 e. The van der Waals surface area contributed by atoms with E-state index >= 15 is 0 Å². The molecule has 0 aliphatic carbocycles. The van der Waals surface area contributed by atoms with Gasteiger partial charge in [0, 0.05) is 12.1 Å². The van der Waals surface area contributed by atoms with E-state index in [2.05, 4.69) is 26.1 Å². The molecular weight excluding hydrogens is 266 g/mol. The number of nitrogens with one attached hydrogen (secondary N) is 1. The molecule has 4 heteroatoms. The van der Waals surface area contributed by atoms with Crippen LogP contribution in [0.1, 0.15) is 45.6 Å². The Morgan fingerprint density at radius 2 is 1.38 bits per heavy atom. The molecule has 0 atom stereocenters. The lowest BCUT2D eigenvalue weighted by Gasteiger charge is -2.19. The highest BCUT2D eigenvalue weighted by atomic mass is 16.5. The van der Waals surface area contributed by atoms with Crippen LogP contribution in [0.2, 0.25) is 0 Å². The maximum atomic E-state index is 5.94. The van der Waals surface area contributed by atoms with Gasteiger partial charge in [0.05, 0.1) is 19.8 Å². The van der Waals surface area contributed by atoms with Crippen molar-refractivity contribution in [2.45, 2.75) is 46.6 Å². The van der Waals surface area contributed by atoms with Gasteiger partial charge in [0.25, 0.3) is 0 Å². The van der Waals surface area contributed by atoms with Gasteiger partial charge >= 0.3 is 0 Å². The summed E-state index contributed by atoms with van der Waals surface area (Å²) in [7, 11) is 1.93. The maximum Gasteiger partial charge on any atom is 0.203 e. The zero-order valence-electron chi connectivity index (χ0n) is 13.8. The van der Waals surface area contributed by atoms with Crippen LogP contribution in [0.15, 0.2) is 12.1 Å². The summed E-state index contributed by atoms with van der Waals surface area (Å²) in [5, 5.41) is 3.17. The third-order valence-corrected chi connectivity index (χ3v) is 2.89. The highest BCUT2D eigenvalue weighted by molar-refractivity contribution is 5.56. The molecular formula is C17H29NO3. The molecule has 1 aromatic carbocycles. The predicted octanol–water partition coefficient (Wildman–Crippen LogP) is 3.77. The SMILES string of the molecule is CCCOc1ccc(CNC)c(OCCC)c1OCCC. The molecule has 0 bridgehead atoms. The Kier molecular flexibility index (Phi) is 8.67. The second-order valence-electron chi connectivity index (χ2n) is 4.96. The van der Waals surface area contributed by atoms with E-state index in [9.17, 15) is 0 Å². The molecule has 21 heavy (non-hydrogen) atoms. The molecule has 1 N–H and O–H groups in total. The van der Waals surface area contributed by atoms with E-state index in [0.717, 1.165) is 48.6 Å². The maximum absolute atomic E-state index is 5.94. The molecule has 0 unspecified atom stereocenters. The minimum absolute atomic E-state index is 0.661. The first kappa shape index (κ1) is 17.6. The van der Waals surface area contributed by atoms with Gasteiger partial charge in [0.2, 0.25) is 5.75 Å². The van der Waals surface area contributed by atoms with Crippen molar-refractivity contribution in [1.82, 2.24) is 5.32 Å². The van der Waals surface area contributed by atoms with Crippen molar-refractivity contribution in [3.8, 4) is 17.2 Å². The molecule has 120 valence electrons. The second-order valence-corrected chi connectivity index (χ2v) is 4.96. The molecule has 0 radical (unpaired) electrons. The van der Waals surface area contributed by atoms with Crippen LogP contribution in [-0.2, 0) is 6.54 Å². The van der Waals surface area contributed by atoms with Crippen molar-refractivity contribution in [2.24, 2.45) is 0 Å². The van der Waals surface area contributed by atoms with Crippen LogP contribution in [0, 0.1) is 0 Å². The van der Waals surface area contributed by atoms with Crippen LogP contribution in [0.3, 0.4) is 0 Å². The summed E-state index contributed by atoms with van der Waals surface area (Å²) in [5.74, 6) is 2.33. The molecule has 0 heterocycles. The molecule has 0 saturated carbocycles. The van der Waals surface area contributed by atoms with Crippen LogP contribution < -0.4 is 19.5 Å². The molecule has 0 aliphatic heterocycles. The van der Waals surface area contributed by atoms with Crippen molar-refractivity contribution >= 4 is 0 Å². The Hall–Kier alpha value is -1.42. The normalized spacial score (nSPS) is 10.5. The van der Waals surface area contributed by atoms with Crippen molar-refractivity contribution in [3.05, 3.63) is 17.7 Å². The fraction of sp³-hybridized carbons (Fsp3) is 0.647. The van der Waals surface area contributed by atoms with Gasteiger partial charge in [-0.2, -0.15) is 0 Å². The smallest absolute Gasteiger partial charge is 0.203 e. The Balaban J connectivity index is 3.12. The molecule has 1 rings (SSSR count). The van der Waals surface area contributed by atoms with Gasteiger partial charge in [-0.25, -0.2) is 0 Å². The summed E-state index contributed by atoms with van der Waals surface area (Å²) >= 11 is 0. The molecule has 0 fully saturated rings. The molecule has 0 saturated heterocycles. The standard InChI is InChI=1S/C17H29NO3/c1-5-10-19-15-9-8-14(13-18-4)16(20-11-6-2)17(15)21-12-7-3/h8-9,18H,5-7,10-13H2,1-4H3. The zero-order valence-corrected chi connectivity index (χ0v) is 13.8. The summed E-state index contributed by atoms with van der Waals surface area (Å²) in [5.41, 5.74) is 1.10. The first-order valence-electron chi connectivity index (χ1n) is 7.97. The highest BCUT2D eigenvalue weighted by Crippen LogP contribution is 2.40. The van der Waals surface area contributed by atoms with Gasteiger partial charge in [-0.05, 0) is 32.4 Å². The summed E-state index contributed by atoms with van der Waals surface area (Å²) in [6.45, 7) is 9.05. The Labute approximate surface area is 128 Å². The quantitative estimate of drug-likeness (QED) is 0.674. The Morgan fingerprint density at radius 1 is 0.810 bits per heavy atom. The van der Waals surface area contributed by atoms with Crippen molar-refractivity contribution < 1.29 is 14.2 Å². The first-order valence-corrected chi connectivity index (χ1v) is 7.97. The van der Waals surface area contributed by atoms with Gasteiger partial charge in [0.15, 0.2) is 11.5 Å². The number of benzene rings is 1. The predicted molar refractivity (Wildman–Crippen MR) is 86.6 cm³/mol. The minimum atomic E-state index is 0.661. The molecule has 0 aromatic heterocycles. The van der Waals surface area contributed by atoms with Gasteiger partial charge in [-0.3, -0.25) is 0 Å². The lowest BCUT2D eigenvalue weighted by Crippen LogP contribution is -2.11. The third-order valence-electron chi connectivity index (χ3n) is 2.89. The number of rotatable bonds is 11. The summed E-state index contributed by atoms with van der Waals surface area (Å²) in [6.07, 6.45) is 2.89. The molecule has 0 aliphatic rings. The number of hydrogen-bond donors (Lipinski definition) is 1. The fourth-order valence-electron chi connectivity index (χ4n) is 1.94. The zero-order chi connectivity index (χ0) is 15.5. The van der Waals surface area contributed by atoms with Gasteiger partial charge in [-0.1, -0.05) is 26.8 Å². The lowest BCUT2D eigenvalue weighted by molar-refractivity contribution is 0.241. The average Bonchev–Trinajstić information content (AvgIpc) is 2.50. The molecule has 1 aromatic rings. The third kappa shape index (κ3) is 5.46.